The summed E-state index contributed by atoms with van der Waals surface area (Å²) in [5.41, 5.74) is 2.82. The lowest BCUT2D eigenvalue weighted by atomic mass is 10.2. The number of benzene rings is 2. The third kappa shape index (κ3) is 4.21. The van der Waals surface area contributed by atoms with Crippen molar-refractivity contribution in [1.29, 1.82) is 0 Å². The summed E-state index contributed by atoms with van der Waals surface area (Å²) in [4.78, 5) is 30.7. The van der Waals surface area contributed by atoms with Crippen molar-refractivity contribution in [3.63, 3.8) is 0 Å². The summed E-state index contributed by atoms with van der Waals surface area (Å²) in [7, 11) is 0. The van der Waals surface area contributed by atoms with Gasteiger partial charge in [-0.25, -0.2) is 0 Å². The molecule has 0 fully saturated rings. The fourth-order valence-electron chi connectivity index (χ4n) is 2.52. The van der Waals surface area contributed by atoms with Crippen molar-refractivity contribution in [1.82, 2.24) is 4.57 Å². The van der Waals surface area contributed by atoms with Crippen LogP contribution in [0.2, 0.25) is 0 Å². The molecule has 0 unspecified atom stereocenters. The van der Waals surface area contributed by atoms with Crippen LogP contribution in [0.1, 0.15) is 5.69 Å². The normalized spacial score (nSPS) is 10.8. The largest absolute Gasteiger partial charge is 0.316 e. The predicted octanol–water partition coefficient (Wildman–Crippen LogP) is 3.65. The molecule has 12 heteroatoms. The molecule has 0 amide bonds. The van der Waals surface area contributed by atoms with E-state index in [-0.39, 0.29) is 11.4 Å². The average molecular weight is 396 g/mol. The minimum Gasteiger partial charge on any atom is -0.316 e. The molecule has 1 heterocycles. The Balaban J connectivity index is 1.82. The molecule has 3 aromatic rings. The second-order valence-electron chi connectivity index (χ2n) is 5.66. The van der Waals surface area contributed by atoms with E-state index >= 15 is 0 Å². The second kappa shape index (κ2) is 7.96. The van der Waals surface area contributed by atoms with Crippen molar-refractivity contribution >= 4 is 29.0 Å². The Bertz CT molecular complexity index is 1120. The Morgan fingerprint density at radius 1 is 0.862 bits per heavy atom. The third-order valence-corrected chi connectivity index (χ3v) is 3.89. The van der Waals surface area contributed by atoms with E-state index in [2.05, 4.69) is 10.5 Å². The van der Waals surface area contributed by atoms with Crippen molar-refractivity contribution in [3.05, 3.63) is 96.8 Å². The van der Waals surface area contributed by atoms with Gasteiger partial charge in [0, 0.05) is 30.1 Å². The molecule has 146 valence electrons. The molecule has 0 spiro atoms. The number of non-ortho nitro benzene ring substituents is 2. The van der Waals surface area contributed by atoms with Crippen LogP contribution in [0.4, 0.5) is 22.7 Å². The minimum absolute atomic E-state index is 0.00899. The molecule has 0 saturated heterocycles. The van der Waals surface area contributed by atoms with Gasteiger partial charge in [-0.1, -0.05) is 0 Å². The monoisotopic (exact) mass is 396 g/mol. The molecular weight excluding hydrogens is 384 g/mol. The predicted molar refractivity (Wildman–Crippen MR) is 103 cm³/mol. The molecule has 3 rings (SSSR count). The Hall–Kier alpha value is -4.61. The fourth-order valence-corrected chi connectivity index (χ4v) is 2.52. The maximum absolute atomic E-state index is 11.1. The van der Waals surface area contributed by atoms with Crippen molar-refractivity contribution in [2.45, 2.75) is 0 Å². The smallest absolute Gasteiger partial charge is 0.301 e. The summed E-state index contributed by atoms with van der Waals surface area (Å²) in [6.07, 6.45) is 3.11. The number of aromatic nitrogens is 1. The van der Waals surface area contributed by atoms with Crippen LogP contribution in [0.5, 0.6) is 0 Å². The van der Waals surface area contributed by atoms with Crippen LogP contribution in [-0.2, 0) is 0 Å². The first-order chi connectivity index (χ1) is 13.9. The standard InChI is InChI=1S/C17H12N6O6/c24-21(25)13-5-3-12(4-6-13)20-9-1-2-15(20)11-18-19-16-8-7-14(22(26)27)10-17(16)23(28)29/h1-11,19H/b18-11+. The van der Waals surface area contributed by atoms with Crippen LogP contribution in [0.3, 0.4) is 0 Å². The van der Waals surface area contributed by atoms with E-state index < -0.39 is 26.1 Å². The van der Waals surface area contributed by atoms with Gasteiger partial charge in [0.1, 0.15) is 5.69 Å². The topological polar surface area (TPSA) is 159 Å². The number of hydrogen-bond donors (Lipinski definition) is 1. The molecule has 0 aliphatic heterocycles. The summed E-state index contributed by atoms with van der Waals surface area (Å²) >= 11 is 0. The highest BCUT2D eigenvalue weighted by molar-refractivity contribution is 5.80. The van der Waals surface area contributed by atoms with Gasteiger partial charge < -0.3 is 4.57 Å². The number of hydrogen-bond acceptors (Lipinski definition) is 8. The number of nitro groups is 3. The van der Waals surface area contributed by atoms with Gasteiger partial charge in [0.15, 0.2) is 0 Å². The molecule has 2 aromatic carbocycles. The van der Waals surface area contributed by atoms with Crippen LogP contribution in [0.25, 0.3) is 5.69 Å². The molecular formula is C17H12N6O6. The molecule has 1 aromatic heterocycles. The third-order valence-electron chi connectivity index (χ3n) is 3.89. The van der Waals surface area contributed by atoms with Gasteiger partial charge in [-0.05, 0) is 30.3 Å². The molecule has 0 atom stereocenters. The number of nitro benzene ring substituents is 3. The van der Waals surface area contributed by atoms with Crippen LogP contribution < -0.4 is 5.43 Å². The Labute approximate surface area is 162 Å². The van der Waals surface area contributed by atoms with E-state index in [1.165, 1.54) is 24.4 Å². The zero-order valence-corrected chi connectivity index (χ0v) is 14.5. The second-order valence-corrected chi connectivity index (χ2v) is 5.66. The summed E-state index contributed by atoms with van der Waals surface area (Å²) < 4.78 is 1.71. The molecule has 29 heavy (non-hydrogen) atoms. The number of nitrogens with one attached hydrogen (secondary N) is 1. The lowest BCUT2D eigenvalue weighted by Crippen LogP contribution is -2.01. The first-order valence-electron chi connectivity index (χ1n) is 8.01. The number of nitrogens with zero attached hydrogens (tertiary/aromatic N) is 5. The lowest BCUT2D eigenvalue weighted by molar-refractivity contribution is -0.393. The van der Waals surface area contributed by atoms with Gasteiger partial charge in [-0.2, -0.15) is 5.10 Å². The highest BCUT2D eigenvalue weighted by atomic mass is 16.6. The van der Waals surface area contributed by atoms with E-state index in [1.54, 1.807) is 35.0 Å². The maximum Gasteiger partial charge on any atom is 0.301 e. The van der Waals surface area contributed by atoms with Crippen molar-refractivity contribution in [2.75, 3.05) is 5.43 Å². The summed E-state index contributed by atoms with van der Waals surface area (Å²) in [6.45, 7) is 0. The molecule has 12 nitrogen and oxygen atoms in total. The molecule has 0 aliphatic carbocycles. The minimum atomic E-state index is -0.746. The number of hydrazone groups is 1. The van der Waals surface area contributed by atoms with Gasteiger partial charge in [0.05, 0.1) is 32.7 Å². The molecule has 0 radical (unpaired) electrons. The zero-order valence-electron chi connectivity index (χ0n) is 14.5. The summed E-state index contributed by atoms with van der Waals surface area (Å²) in [6, 6.07) is 12.5. The van der Waals surface area contributed by atoms with E-state index in [4.69, 9.17) is 0 Å². The molecule has 0 bridgehead atoms. The van der Waals surface area contributed by atoms with Crippen LogP contribution in [-0.4, -0.2) is 25.6 Å². The van der Waals surface area contributed by atoms with Gasteiger partial charge in [0.2, 0.25) is 0 Å². The Kier molecular flexibility index (Phi) is 5.26. The quantitative estimate of drug-likeness (QED) is 0.362. The van der Waals surface area contributed by atoms with Crippen LogP contribution >= 0.6 is 0 Å². The molecule has 0 aliphatic rings. The number of anilines is 1. The Morgan fingerprint density at radius 2 is 1.52 bits per heavy atom. The highest BCUT2D eigenvalue weighted by Gasteiger charge is 2.19. The van der Waals surface area contributed by atoms with E-state index in [1.807, 2.05) is 0 Å². The summed E-state index contributed by atoms with van der Waals surface area (Å²) in [5.74, 6) is 0. The first-order valence-corrected chi connectivity index (χ1v) is 8.01. The van der Waals surface area contributed by atoms with Gasteiger partial charge >= 0.3 is 5.69 Å². The van der Waals surface area contributed by atoms with E-state index in [0.29, 0.717) is 11.4 Å². The zero-order chi connectivity index (χ0) is 21.0. The van der Waals surface area contributed by atoms with Gasteiger partial charge in [-0.3, -0.25) is 35.8 Å². The highest BCUT2D eigenvalue weighted by Crippen LogP contribution is 2.28. The lowest BCUT2D eigenvalue weighted by Gasteiger charge is -2.06. The van der Waals surface area contributed by atoms with Gasteiger partial charge in [0.25, 0.3) is 11.4 Å². The van der Waals surface area contributed by atoms with Crippen LogP contribution in [0, 0.1) is 30.3 Å². The first kappa shape index (κ1) is 19.2. The fraction of sp³-hybridized carbons (Fsp3) is 0. The van der Waals surface area contributed by atoms with Gasteiger partial charge in [-0.15, -0.1) is 0 Å². The van der Waals surface area contributed by atoms with Crippen LogP contribution in [0.15, 0.2) is 65.9 Å². The molecule has 1 N–H and O–H groups in total. The van der Waals surface area contributed by atoms with Crippen molar-refractivity contribution in [3.8, 4) is 5.69 Å². The Morgan fingerprint density at radius 3 is 2.14 bits per heavy atom. The van der Waals surface area contributed by atoms with E-state index in [0.717, 1.165) is 12.1 Å². The van der Waals surface area contributed by atoms with Crippen molar-refractivity contribution in [2.24, 2.45) is 5.10 Å². The number of rotatable bonds is 7. The molecule has 0 saturated carbocycles. The van der Waals surface area contributed by atoms with E-state index in [9.17, 15) is 30.3 Å². The maximum atomic E-state index is 11.1. The van der Waals surface area contributed by atoms with Crippen molar-refractivity contribution < 1.29 is 14.8 Å². The average Bonchev–Trinajstić information content (AvgIpc) is 3.16. The SMILES string of the molecule is O=[N+]([O-])c1ccc(-n2cccc2/C=N/Nc2ccc([N+](=O)[O-])cc2[N+](=O)[O-])cc1. The summed E-state index contributed by atoms with van der Waals surface area (Å²) in [5, 5.41) is 36.6.